The maximum Gasteiger partial charge on any atom is 0.310 e. The number of hydrogen-bond donors (Lipinski definition) is 2. The van der Waals surface area contributed by atoms with Crippen molar-refractivity contribution in [3.05, 3.63) is 64.7 Å². The molecule has 0 amide bonds. The highest BCUT2D eigenvalue weighted by atomic mass is 16.7. The summed E-state index contributed by atoms with van der Waals surface area (Å²) in [7, 11) is 2.93. The summed E-state index contributed by atoms with van der Waals surface area (Å²) in [6.07, 6.45) is 0.361. The number of phenols is 1. The molecule has 3 heterocycles. The Balaban J connectivity index is 1.38. The maximum absolute atomic E-state index is 13.4. The minimum absolute atomic E-state index is 0.0565. The summed E-state index contributed by atoms with van der Waals surface area (Å²) in [5.41, 5.74) is 3.85. The fraction of sp³-hybridized carbons (Fsp3) is 0.333. The van der Waals surface area contributed by atoms with Gasteiger partial charge in [-0.3, -0.25) is 9.59 Å². The Morgan fingerprint density at radius 3 is 2.33 bits per heavy atom. The lowest BCUT2D eigenvalue weighted by molar-refractivity contribution is -0.141. The Bertz CT molecular complexity index is 1530. The van der Waals surface area contributed by atoms with Crippen LogP contribution in [0.3, 0.4) is 0 Å². The fourth-order valence-corrected chi connectivity index (χ4v) is 6.37. The van der Waals surface area contributed by atoms with Gasteiger partial charge in [0.2, 0.25) is 12.5 Å². The standard InChI is InChI=1S/C30H27NO9/c1-35-24-7-14(8-25(36-2)29(24)33)26-17-10-22-23(40-13-39-22)11-18(17)28(19-12-38-30(34)27(19)26)31-15-3-4-16-20(32)5-6-37-21(16)9-15/h3-4,7-11,19,26-28,31,33H,5-6,12-13H2,1-2H3/t19-,26+,27-,28+/m0/s1. The SMILES string of the molecule is COc1cc([C@@H]2c3cc4c(cc3[C@@H](Nc3ccc5c(c3)OCCC5=O)[C@H]3COC(=O)[C@H]23)OCO4)cc(OC)c1O. The van der Waals surface area contributed by atoms with Gasteiger partial charge in [0.15, 0.2) is 28.8 Å². The molecule has 1 saturated heterocycles. The number of cyclic esters (lactones) is 1. The van der Waals surface area contributed by atoms with E-state index in [4.69, 9.17) is 28.4 Å². The number of benzene rings is 3. The van der Waals surface area contributed by atoms with Gasteiger partial charge in [-0.05, 0) is 53.1 Å². The molecule has 10 heteroatoms. The highest BCUT2D eigenvalue weighted by Gasteiger charge is 2.52. The van der Waals surface area contributed by atoms with Crippen molar-refractivity contribution in [1.29, 1.82) is 0 Å². The van der Waals surface area contributed by atoms with Gasteiger partial charge in [0.1, 0.15) is 5.75 Å². The topological polar surface area (TPSA) is 122 Å². The number of nitrogens with one attached hydrogen (secondary N) is 1. The number of ether oxygens (including phenoxy) is 6. The number of carbonyl (C=O) groups is 2. The van der Waals surface area contributed by atoms with E-state index in [0.29, 0.717) is 35.8 Å². The first-order valence-corrected chi connectivity index (χ1v) is 13.1. The van der Waals surface area contributed by atoms with E-state index < -0.39 is 11.8 Å². The van der Waals surface area contributed by atoms with Crippen LogP contribution in [0.25, 0.3) is 0 Å². The average molecular weight is 546 g/mol. The van der Waals surface area contributed by atoms with E-state index in [1.165, 1.54) is 14.2 Å². The Kier molecular flexibility index (Phi) is 5.65. The molecule has 2 N–H and O–H groups in total. The normalized spacial score (nSPS) is 23.9. The number of esters is 1. The lowest BCUT2D eigenvalue weighted by Crippen LogP contribution is -2.37. The van der Waals surface area contributed by atoms with Gasteiger partial charge in [-0.25, -0.2) is 0 Å². The number of aromatic hydroxyl groups is 1. The molecule has 4 atom stereocenters. The quantitative estimate of drug-likeness (QED) is 0.451. The molecule has 3 aliphatic heterocycles. The van der Waals surface area contributed by atoms with Gasteiger partial charge in [0.05, 0.1) is 45.0 Å². The minimum Gasteiger partial charge on any atom is -0.502 e. The predicted octanol–water partition coefficient (Wildman–Crippen LogP) is 4.19. The zero-order chi connectivity index (χ0) is 27.5. The number of hydrogen-bond acceptors (Lipinski definition) is 10. The van der Waals surface area contributed by atoms with Crippen molar-refractivity contribution < 1.29 is 43.1 Å². The molecule has 4 aliphatic rings. The number of anilines is 1. The summed E-state index contributed by atoms with van der Waals surface area (Å²) >= 11 is 0. The van der Waals surface area contributed by atoms with Crippen LogP contribution in [0.1, 0.15) is 45.4 Å². The van der Waals surface area contributed by atoms with Crippen LogP contribution < -0.4 is 29.0 Å². The van der Waals surface area contributed by atoms with Crippen LogP contribution in [-0.4, -0.2) is 51.1 Å². The van der Waals surface area contributed by atoms with Crippen LogP contribution in [0.4, 0.5) is 5.69 Å². The molecular formula is C30H27NO9. The molecule has 0 aromatic heterocycles. The molecule has 3 aromatic rings. The van der Waals surface area contributed by atoms with Gasteiger partial charge in [0.25, 0.3) is 0 Å². The van der Waals surface area contributed by atoms with Gasteiger partial charge < -0.3 is 38.8 Å². The van der Waals surface area contributed by atoms with E-state index in [1.54, 1.807) is 18.2 Å². The molecule has 3 aromatic carbocycles. The number of carbonyl (C=O) groups excluding carboxylic acids is 2. The first kappa shape index (κ1) is 24.4. The van der Waals surface area contributed by atoms with Crippen molar-refractivity contribution >= 4 is 17.4 Å². The van der Waals surface area contributed by atoms with Crippen molar-refractivity contribution in [2.75, 3.05) is 39.5 Å². The van der Waals surface area contributed by atoms with Crippen molar-refractivity contribution in [2.24, 2.45) is 11.8 Å². The number of rotatable bonds is 5. The van der Waals surface area contributed by atoms with Gasteiger partial charge >= 0.3 is 5.97 Å². The molecule has 0 bridgehead atoms. The van der Waals surface area contributed by atoms with E-state index >= 15 is 0 Å². The third kappa shape index (κ3) is 3.70. The molecule has 1 fully saturated rings. The lowest BCUT2D eigenvalue weighted by Gasteiger charge is -2.40. The lowest BCUT2D eigenvalue weighted by atomic mass is 9.65. The predicted molar refractivity (Wildman–Crippen MR) is 141 cm³/mol. The molecule has 0 radical (unpaired) electrons. The molecule has 10 nitrogen and oxygen atoms in total. The molecule has 1 aliphatic carbocycles. The largest absolute Gasteiger partial charge is 0.502 e. The number of Topliss-reactive ketones (excluding diaryl/α,β-unsaturated/α-hetero) is 1. The van der Waals surface area contributed by atoms with Crippen LogP contribution in [0.15, 0.2) is 42.5 Å². The summed E-state index contributed by atoms with van der Waals surface area (Å²) < 4.78 is 33.8. The Labute approximate surface area is 229 Å². The Hall–Kier alpha value is -4.60. The Morgan fingerprint density at radius 2 is 1.60 bits per heavy atom. The van der Waals surface area contributed by atoms with E-state index in [1.807, 2.05) is 24.3 Å². The van der Waals surface area contributed by atoms with E-state index in [0.717, 1.165) is 22.4 Å². The summed E-state index contributed by atoms with van der Waals surface area (Å²) in [4.78, 5) is 25.7. The minimum atomic E-state index is -0.542. The smallest absolute Gasteiger partial charge is 0.310 e. The van der Waals surface area contributed by atoms with Crippen molar-refractivity contribution in [3.8, 4) is 34.5 Å². The highest BCUT2D eigenvalue weighted by molar-refractivity contribution is 6.00. The molecule has 40 heavy (non-hydrogen) atoms. The first-order valence-electron chi connectivity index (χ1n) is 13.1. The van der Waals surface area contributed by atoms with Gasteiger partial charge in [0, 0.05) is 30.0 Å². The first-order chi connectivity index (χ1) is 19.5. The molecule has 0 spiro atoms. The van der Waals surface area contributed by atoms with Gasteiger partial charge in [-0.15, -0.1) is 0 Å². The second-order valence-electron chi connectivity index (χ2n) is 10.3. The second-order valence-corrected chi connectivity index (χ2v) is 10.3. The second kappa shape index (κ2) is 9.25. The number of ketones is 1. The Morgan fingerprint density at radius 1 is 0.875 bits per heavy atom. The highest BCUT2D eigenvalue weighted by Crippen LogP contribution is 2.56. The van der Waals surface area contributed by atoms with Crippen LogP contribution in [0.5, 0.6) is 34.5 Å². The fourth-order valence-electron chi connectivity index (χ4n) is 6.37. The van der Waals surface area contributed by atoms with Crippen LogP contribution in [-0.2, 0) is 9.53 Å². The molecular weight excluding hydrogens is 518 g/mol. The summed E-state index contributed by atoms with van der Waals surface area (Å²) in [5, 5.41) is 14.2. The third-order valence-electron chi connectivity index (χ3n) is 8.24. The van der Waals surface area contributed by atoms with E-state index in [2.05, 4.69) is 5.32 Å². The van der Waals surface area contributed by atoms with E-state index in [9.17, 15) is 14.7 Å². The molecule has 0 saturated carbocycles. The number of phenolic OH excluding ortho intramolecular Hbond substituents is 1. The monoisotopic (exact) mass is 545 g/mol. The maximum atomic E-state index is 13.4. The number of methoxy groups -OCH3 is 2. The summed E-state index contributed by atoms with van der Waals surface area (Å²) in [6, 6.07) is 12.5. The van der Waals surface area contributed by atoms with Gasteiger partial charge in [-0.1, -0.05) is 0 Å². The molecule has 0 unspecified atom stereocenters. The van der Waals surface area contributed by atoms with Crippen molar-refractivity contribution in [3.63, 3.8) is 0 Å². The van der Waals surface area contributed by atoms with Crippen LogP contribution in [0, 0.1) is 11.8 Å². The zero-order valence-electron chi connectivity index (χ0n) is 21.9. The van der Waals surface area contributed by atoms with Crippen molar-refractivity contribution in [1.82, 2.24) is 0 Å². The molecule has 7 rings (SSSR count). The molecule has 206 valence electrons. The van der Waals surface area contributed by atoms with Crippen LogP contribution >= 0.6 is 0 Å². The zero-order valence-corrected chi connectivity index (χ0v) is 21.9. The van der Waals surface area contributed by atoms with E-state index in [-0.39, 0.29) is 54.4 Å². The average Bonchev–Trinajstić information content (AvgIpc) is 3.58. The van der Waals surface area contributed by atoms with Crippen molar-refractivity contribution in [2.45, 2.75) is 18.4 Å². The summed E-state index contributed by atoms with van der Waals surface area (Å²) in [6.45, 7) is 0.671. The number of fused-ring (bicyclic) bond motifs is 4. The van der Waals surface area contributed by atoms with Crippen LogP contribution in [0.2, 0.25) is 0 Å². The summed E-state index contributed by atoms with van der Waals surface area (Å²) in [5.74, 6) is 0.639. The third-order valence-corrected chi connectivity index (χ3v) is 8.24. The van der Waals surface area contributed by atoms with Gasteiger partial charge in [-0.2, -0.15) is 0 Å².